The van der Waals surface area contributed by atoms with Crippen LogP contribution in [0.3, 0.4) is 0 Å². The predicted molar refractivity (Wildman–Crippen MR) is 133 cm³/mol. The van der Waals surface area contributed by atoms with Gasteiger partial charge in [0.2, 0.25) is 5.82 Å². The normalized spacial score (nSPS) is 14.4. The third-order valence-electron chi connectivity index (χ3n) is 6.04. The number of hydrogen-bond donors (Lipinski definition) is 0. The molecule has 3 heterocycles. The molecule has 0 bridgehead atoms. The summed E-state index contributed by atoms with van der Waals surface area (Å²) in [5.41, 5.74) is 2.92. The largest absolute Gasteiger partial charge is 0.461 e. The fraction of sp³-hybridized carbons (Fsp3) is 0.269. The van der Waals surface area contributed by atoms with Gasteiger partial charge in [-0.3, -0.25) is 9.36 Å². The molecule has 0 atom stereocenters. The summed E-state index contributed by atoms with van der Waals surface area (Å²) in [6.07, 6.45) is 1.64. The summed E-state index contributed by atoms with van der Waals surface area (Å²) >= 11 is 1.58. The Balaban J connectivity index is 1.38. The molecule has 7 nitrogen and oxygen atoms in total. The Morgan fingerprint density at radius 3 is 2.47 bits per heavy atom. The highest BCUT2D eigenvalue weighted by Crippen LogP contribution is 2.29. The van der Waals surface area contributed by atoms with Crippen LogP contribution in [0.15, 0.2) is 82.6 Å². The lowest BCUT2D eigenvalue weighted by Gasteiger charge is -2.32. The van der Waals surface area contributed by atoms with Crippen molar-refractivity contribution in [2.24, 2.45) is 0 Å². The summed E-state index contributed by atoms with van der Waals surface area (Å²) in [5, 5.41) is 9.68. The van der Waals surface area contributed by atoms with Crippen LogP contribution in [0, 0.1) is 0 Å². The predicted octanol–water partition coefficient (Wildman–Crippen LogP) is 4.27. The van der Waals surface area contributed by atoms with Gasteiger partial charge in [0.25, 0.3) is 5.91 Å². The van der Waals surface area contributed by atoms with E-state index in [1.807, 2.05) is 59.5 Å². The van der Waals surface area contributed by atoms with E-state index in [0.29, 0.717) is 23.9 Å². The molecule has 8 heteroatoms. The first-order chi connectivity index (χ1) is 16.7. The molecule has 1 aliphatic rings. The summed E-state index contributed by atoms with van der Waals surface area (Å²) in [5.74, 6) is 2.10. The number of nitrogens with zero attached hydrogens (tertiary/aromatic N) is 5. The number of amides is 1. The number of carbonyl (C=O) groups is 1. The lowest BCUT2D eigenvalue weighted by molar-refractivity contribution is 0.0663. The van der Waals surface area contributed by atoms with Gasteiger partial charge in [0.05, 0.1) is 12.8 Å². The summed E-state index contributed by atoms with van der Waals surface area (Å²) in [7, 11) is 2.09. The summed E-state index contributed by atoms with van der Waals surface area (Å²) in [6, 6.07) is 21.9. The minimum Gasteiger partial charge on any atom is -0.461 e. The van der Waals surface area contributed by atoms with Gasteiger partial charge in [-0.05, 0) is 36.4 Å². The molecular formula is C26H27N5O2S. The van der Waals surface area contributed by atoms with Crippen LogP contribution in [0.1, 0.15) is 21.5 Å². The Morgan fingerprint density at radius 1 is 0.941 bits per heavy atom. The van der Waals surface area contributed by atoms with Gasteiger partial charge in [0, 0.05) is 37.5 Å². The third-order valence-corrected chi connectivity index (χ3v) is 7.05. The van der Waals surface area contributed by atoms with Crippen molar-refractivity contribution in [1.82, 2.24) is 24.6 Å². The second kappa shape index (κ2) is 10.3. The lowest BCUT2D eigenvalue weighted by Crippen LogP contribution is -2.47. The maximum absolute atomic E-state index is 13.3. The van der Waals surface area contributed by atoms with Gasteiger partial charge in [-0.25, -0.2) is 0 Å². The van der Waals surface area contributed by atoms with Crippen molar-refractivity contribution in [2.45, 2.75) is 17.5 Å². The number of aromatic nitrogens is 3. The molecule has 5 rings (SSSR count). The quantitative estimate of drug-likeness (QED) is 0.374. The average molecular weight is 474 g/mol. The van der Waals surface area contributed by atoms with Crippen molar-refractivity contribution in [1.29, 1.82) is 0 Å². The SMILES string of the molecule is CN1CCN(C(=O)c2ccccc2CSc2nnc(-c3ccco3)n2Cc2ccccc2)CC1. The molecule has 0 saturated carbocycles. The fourth-order valence-corrected chi connectivity index (χ4v) is 5.01. The number of hydrogen-bond acceptors (Lipinski definition) is 6. The topological polar surface area (TPSA) is 67.4 Å². The van der Waals surface area contributed by atoms with E-state index in [1.54, 1.807) is 18.0 Å². The Labute approximate surface area is 203 Å². The molecular weight excluding hydrogens is 446 g/mol. The highest BCUT2D eigenvalue weighted by atomic mass is 32.2. The van der Waals surface area contributed by atoms with Crippen molar-refractivity contribution in [3.8, 4) is 11.6 Å². The second-order valence-corrected chi connectivity index (χ2v) is 9.34. The van der Waals surface area contributed by atoms with Crippen LogP contribution in [0.5, 0.6) is 0 Å². The Kier molecular flexibility index (Phi) is 6.78. The molecule has 0 unspecified atom stereocenters. The van der Waals surface area contributed by atoms with Crippen LogP contribution in [0.4, 0.5) is 0 Å². The van der Waals surface area contributed by atoms with Crippen molar-refractivity contribution in [3.63, 3.8) is 0 Å². The second-order valence-electron chi connectivity index (χ2n) is 8.40. The number of likely N-dealkylation sites (N-methyl/N-ethyl adjacent to an activating group) is 1. The molecule has 2 aromatic heterocycles. The van der Waals surface area contributed by atoms with E-state index in [9.17, 15) is 4.79 Å². The van der Waals surface area contributed by atoms with Gasteiger partial charge >= 0.3 is 0 Å². The van der Waals surface area contributed by atoms with Crippen molar-refractivity contribution < 1.29 is 9.21 Å². The molecule has 1 saturated heterocycles. The zero-order chi connectivity index (χ0) is 23.3. The third kappa shape index (κ3) is 4.93. The highest BCUT2D eigenvalue weighted by molar-refractivity contribution is 7.98. The van der Waals surface area contributed by atoms with Crippen molar-refractivity contribution >= 4 is 17.7 Å². The first kappa shape index (κ1) is 22.4. The number of benzene rings is 2. The standard InChI is InChI=1S/C26H27N5O2S/c1-29-13-15-30(16-14-29)25(32)22-11-6-5-10-21(22)19-34-26-28-27-24(23-12-7-17-33-23)31(26)18-20-8-3-2-4-9-20/h2-12,17H,13-16,18-19H2,1H3. The van der Waals surface area contributed by atoms with Crippen LogP contribution < -0.4 is 0 Å². The number of rotatable bonds is 7. The molecule has 34 heavy (non-hydrogen) atoms. The molecule has 2 aromatic carbocycles. The van der Waals surface area contributed by atoms with E-state index in [-0.39, 0.29) is 5.91 Å². The summed E-state index contributed by atoms with van der Waals surface area (Å²) in [6.45, 7) is 3.96. The molecule has 0 N–H and O–H groups in total. The van der Waals surface area contributed by atoms with E-state index < -0.39 is 0 Å². The first-order valence-electron chi connectivity index (χ1n) is 11.4. The van der Waals surface area contributed by atoms with Gasteiger partial charge in [0.15, 0.2) is 10.9 Å². The van der Waals surface area contributed by atoms with Crippen molar-refractivity contribution in [2.75, 3.05) is 33.2 Å². The zero-order valence-corrected chi connectivity index (χ0v) is 19.9. The maximum Gasteiger partial charge on any atom is 0.254 e. The maximum atomic E-state index is 13.3. The monoisotopic (exact) mass is 473 g/mol. The number of furan rings is 1. The van der Waals surface area contributed by atoms with Gasteiger partial charge in [-0.1, -0.05) is 60.3 Å². The molecule has 174 valence electrons. The molecule has 1 fully saturated rings. The molecule has 0 aliphatic carbocycles. The van der Waals surface area contributed by atoms with Gasteiger partial charge in [-0.2, -0.15) is 0 Å². The van der Waals surface area contributed by atoms with Crippen molar-refractivity contribution in [3.05, 3.63) is 89.7 Å². The van der Waals surface area contributed by atoms with E-state index in [2.05, 4.69) is 38.8 Å². The Hall–Kier alpha value is -3.36. The Bertz CT molecular complexity index is 1230. The summed E-state index contributed by atoms with van der Waals surface area (Å²) in [4.78, 5) is 17.5. The Morgan fingerprint density at radius 2 is 1.71 bits per heavy atom. The van der Waals surface area contributed by atoms with Crippen LogP contribution >= 0.6 is 11.8 Å². The van der Waals surface area contributed by atoms with Crippen LogP contribution in [0.2, 0.25) is 0 Å². The number of piperazine rings is 1. The first-order valence-corrected chi connectivity index (χ1v) is 12.4. The smallest absolute Gasteiger partial charge is 0.254 e. The summed E-state index contributed by atoms with van der Waals surface area (Å²) < 4.78 is 7.69. The fourth-order valence-electron chi connectivity index (χ4n) is 4.07. The minimum absolute atomic E-state index is 0.103. The molecule has 1 amide bonds. The van der Waals surface area contributed by atoms with Gasteiger partial charge in [-0.15, -0.1) is 10.2 Å². The lowest BCUT2D eigenvalue weighted by atomic mass is 10.1. The van der Waals surface area contributed by atoms with Gasteiger partial charge in [0.1, 0.15) is 0 Å². The van der Waals surface area contributed by atoms with Gasteiger partial charge < -0.3 is 14.2 Å². The highest BCUT2D eigenvalue weighted by Gasteiger charge is 2.23. The zero-order valence-electron chi connectivity index (χ0n) is 19.1. The molecule has 0 spiro atoms. The van der Waals surface area contributed by atoms with E-state index in [0.717, 1.165) is 48.0 Å². The van der Waals surface area contributed by atoms with Crippen LogP contribution in [0.25, 0.3) is 11.6 Å². The number of thioether (sulfide) groups is 1. The van der Waals surface area contributed by atoms with E-state index in [4.69, 9.17) is 4.42 Å². The van der Waals surface area contributed by atoms with Crippen LogP contribution in [-0.2, 0) is 12.3 Å². The average Bonchev–Trinajstić information content (AvgIpc) is 3.54. The molecule has 1 aliphatic heterocycles. The van der Waals surface area contributed by atoms with E-state index in [1.165, 1.54) is 0 Å². The minimum atomic E-state index is 0.103. The van der Waals surface area contributed by atoms with E-state index >= 15 is 0 Å². The molecule has 4 aromatic rings. The molecule has 0 radical (unpaired) electrons. The van der Waals surface area contributed by atoms with Crippen LogP contribution in [-0.4, -0.2) is 63.7 Å². The number of carbonyl (C=O) groups excluding carboxylic acids is 1.